The van der Waals surface area contributed by atoms with Gasteiger partial charge in [0.05, 0.1) is 28.3 Å². The maximum absolute atomic E-state index is 5.72. The Labute approximate surface area is 441 Å². The van der Waals surface area contributed by atoms with Crippen LogP contribution in [0.25, 0.3) is 124 Å². The van der Waals surface area contributed by atoms with Crippen molar-refractivity contribution in [2.45, 2.75) is 0 Å². The first kappa shape index (κ1) is 45.9. The number of benzene rings is 4. The summed E-state index contributed by atoms with van der Waals surface area (Å²) in [4.78, 5) is 18.7. The summed E-state index contributed by atoms with van der Waals surface area (Å²) in [5, 5.41) is 0. The fourth-order valence-corrected chi connectivity index (χ4v) is 10.9. The van der Waals surface area contributed by atoms with Crippen molar-refractivity contribution >= 4 is 45.9 Å². The molecule has 0 amide bonds. The van der Waals surface area contributed by atoms with Crippen LogP contribution < -0.4 is 18.3 Å². The maximum Gasteiger partial charge on any atom is 0.212 e. The van der Waals surface area contributed by atoms with Crippen LogP contribution in [-0.2, 0) is 28.2 Å². The molecular formula is C68H54N8+4. The molecule has 0 spiro atoms. The van der Waals surface area contributed by atoms with E-state index in [0.29, 0.717) is 0 Å². The smallest absolute Gasteiger partial charge is 0.212 e. The SMILES string of the molecule is C[n+]1ccccc1-c1ccc(C2=Cc3cc4ccc(cc5nc(cc6[nH]c(c(-c7ccc(-c8cccc[n+]8C)cc7)c2n3)c(-c2ccc(-c3cccc[n+]3C)cc2)c6-c2ccc(-c3cccc[n+]3C)cc2)C=C5)[nH]4)cc1. The third-order valence-corrected chi connectivity index (χ3v) is 14.7. The average Bonchev–Trinajstić information content (AvgIpc) is 4.28. The molecule has 4 aromatic carbocycles. The lowest BCUT2D eigenvalue weighted by Gasteiger charge is -2.13. The van der Waals surface area contributed by atoms with Gasteiger partial charge >= 0.3 is 0 Å². The highest BCUT2D eigenvalue weighted by Gasteiger charge is 2.26. The van der Waals surface area contributed by atoms with E-state index >= 15 is 0 Å². The molecule has 0 aliphatic carbocycles. The van der Waals surface area contributed by atoms with E-state index in [1.807, 2.05) is 0 Å². The van der Waals surface area contributed by atoms with Crippen molar-refractivity contribution in [1.82, 2.24) is 19.9 Å². The summed E-state index contributed by atoms with van der Waals surface area (Å²) in [7, 11) is 8.37. The van der Waals surface area contributed by atoms with Crippen LogP contribution in [-0.4, -0.2) is 19.9 Å². The minimum absolute atomic E-state index is 0.841. The minimum Gasteiger partial charge on any atom is -0.355 e. The lowest BCUT2D eigenvalue weighted by atomic mass is 9.90. The quantitative estimate of drug-likeness (QED) is 0.149. The third kappa shape index (κ3) is 8.61. The predicted octanol–water partition coefficient (Wildman–Crippen LogP) is 13.0. The number of hydrogen-bond donors (Lipinski definition) is 2. The van der Waals surface area contributed by atoms with Crippen LogP contribution in [0.2, 0.25) is 0 Å². The van der Waals surface area contributed by atoms with Crippen LogP contribution in [0, 0.1) is 0 Å². The van der Waals surface area contributed by atoms with Gasteiger partial charge < -0.3 is 9.97 Å². The fraction of sp³-hybridized carbons (Fsp3) is 0.0588. The van der Waals surface area contributed by atoms with Crippen molar-refractivity contribution in [2.24, 2.45) is 28.2 Å². The first-order valence-corrected chi connectivity index (χ1v) is 25.7. The highest BCUT2D eigenvalue weighted by atomic mass is 14.9. The zero-order chi connectivity index (χ0) is 51.3. The van der Waals surface area contributed by atoms with Crippen molar-refractivity contribution in [1.29, 1.82) is 0 Å². The number of pyridine rings is 4. The number of aromatic nitrogens is 8. The van der Waals surface area contributed by atoms with Crippen molar-refractivity contribution in [3.63, 3.8) is 0 Å². The van der Waals surface area contributed by atoms with Gasteiger partial charge in [-0.1, -0.05) is 48.5 Å². The van der Waals surface area contributed by atoms with Crippen LogP contribution in [0.15, 0.2) is 225 Å². The van der Waals surface area contributed by atoms with Crippen molar-refractivity contribution in [3.05, 3.63) is 253 Å². The number of hydrogen-bond acceptors (Lipinski definition) is 2. The zero-order valence-electron chi connectivity index (χ0n) is 42.8. The van der Waals surface area contributed by atoms with Gasteiger partial charge in [0.2, 0.25) is 22.8 Å². The Morgan fingerprint density at radius 3 is 1.16 bits per heavy atom. The van der Waals surface area contributed by atoms with Gasteiger partial charge in [-0.15, -0.1) is 0 Å². The van der Waals surface area contributed by atoms with Gasteiger partial charge in [-0.25, -0.2) is 28.2 Å². The Balaban J connectivity index is 1.16. The number of nitrogens with zero attached hydrogens (tertiary/aromatic N) is 6. The molecule has 362 valence electrons. The van der Waals surface area contributed by atoms with Crippen LogP contribution in [0.3, 0.4) is 0 Å². The summed E-state index contributed by atoms with van der Waals surface area (Å²) >= 11 is 0. The number of H-pyrrole nitrogens is 2. The molecular weight excluding hydrogens is 929 g/mol. The molecule has 2 N–H and O–H groups in total. The molecule has 8 heteroatoms. The molecule has 0 saturated carbocycles. The second kappa shape index (κ2) is 19.2. The Hall–Kier alpha value is -9.92. The molecule has 0 fully saturated rings. The second-order valence-electron chi connectivity index (χ2n) is 19.7. The molecule has 9 heterocycles. The van der Waals surface area contributed by atoms with Gasteiger partial charge in [0.15, 0.2) is 24.8 Å². The monoisotopic (exact) mass is 982 g/mol. The number of rotatable bonds is 8. The summed E-state index contributed by atoms with van der Waals surface area (Å²) < 4.78 is 8.66. The molecule has 7 aromatic heterocycles. The first-order valence-electron chi connectivity index (χ1n) is 25.7. The molecule has 8 nitrogen and oxygen atoms in total. The highest BCUT2D eigenvalue weighted by Crippen LogP contribution is 2.46. The lowest BCUT2D eigenvalue weighted by Crippen LogP contribution is -2.29. The highest BCUT2D eigenvalue weighted by molar-refractivity contribution is 6.11. The normalized spacial score (nSPS) is 12.0. The van der Waals surface area contributed by atoms with Crippen LogP contribution in [0.5, 0.6) is 0 Å². The van der Waals surface area contributed by atoms with Gasteiger partial charge in [0.1, 0.15) is 28.2 Å². The molecule has 0 saturated heterocycles. The first-order chi connectivity index (χ1) is 37.3. The largest absolute Gasteiger partial charge is 0.355 e. The van der Waals surface area contributed by atoms with E-state index in [0.717, 1.165) is 134 Å². The molecule has 13 rings (SSSR count). The second-order valence-corrected chi connectivity index (χ2v) is 19.7. The van der Waals surface area contributed by atoms with Gasteiger partial charge in [0.25, 0.3) is 0 Å². The van der Waals surface area contributed by atoms with Crippen molar-refractivity contribution < 1.29 is 18.3 Å². The summed E-state index contributed by atoms with van der Waals surface area (Å²) in [6.45, 7) is 0. The lowest BCUT2D eigenvalue weighted by molar-refractivity contribution is -0.660. The van der Waals surface area contributed by atoms with E-state index < -0.39 is 0 Å². The standard InChI is InChI=1S/C68H52N8/c1-73-37-9-5-13-60(73)46-19-17-45(18-20-46)58-43-57-42-55-34-33-53(69-55)41-54-35-36-56(70-54)44-59-64(50-27-21-47(22-28-50)61-14-6-10-38-74(61)2)65(51-29-23-48(24-30-51)62-15-7-11-39-75(62)3)68(72-59)66(67(58)71-57)52-31-25-49(26-32-52)63-16-8-12-40-76(63)4/h5-44H,1-4H3/q+2/p+2. The van der Waals surface area contributed by atoms with Gasteiger partial charge in [-0.3, -0.25) is 0 Å². The summed E-state index contributed by atoms with van der Waals surface area (Å²) in [6, 6.07) is 71.9. The number of aromatic amines is 2. The summed E-state index contributed by atoms with van der Waals surface area (Å²) in [6.07, 6.45) is 14.8. The van der Waals surface area contributed by atoms with E-state index in [1.54, 1.807) is 0 Å². The molecule has 0 radical (unpaired) electrons. The maximum atomic E-state index is 5.72. The topological polar surface area (TPSA) is 72.9 Å². The molecule has 76 heavy (non-hydrogen) atoms. The Morgan fingerprint density at radius 1 is 0.329 bits per heavy atom. The minimum atomic E-state index is 0.841. The van der Waals surface area contributed by atoms with Gasteiger partial charge in [-0.05, 0) is 144 Å². The van der Waals surface area contributed by atoms with Crippen LogP contribution in [0.4, 0.5) is 0 Å². The Bertz CT molecular complexity index is 4290. The van der Waals surface area contributed by atoms with Crippen molar-refractivity contribution in [3.8, 4) is 78.4 Å². The number of fused-ring (bicyclic) bond motifs is 8. The zero-order valence-corrected chi connectivity index (χ0v) is 42.8. The number of nitrogens with one attached hydrogen (secondary N) is 2. The molecule has 0 atom stereocenters. The fourth-order valence-electron chi connectivity index (χ4n) is 10.9. The van der Waals surface area contributed by atoms with E-state index in [4.69, 9.17) is 9.97 Å². The molecule has 2 aliphatic rings. The van der Waals surface area contributed by atoms with E-state index in [-0.39, 0.29) is 0 Å². The van der Waals surface area contributed by atoms with E-state index in [1.165, 1.54) is 0 Å². The predicted molar refractivity (Wildman–Crippen MR) is 306 cm³/mol. The summed E-state index contributed by atoms with van der Waals surface area (Å²) in [5.74, 6) is 0. The van der Waals surface area contributed by atoms with Gasteiger partial charge in [-0.2, -0.15) is 0 Å². The van der Waals surface area contributed by atoms with Crippen LogP contribution in [0.1, 0.15) is 28.3 Å². The molecule has 0 unspecified atom stereocenters. The van der Waals surface area contributed by atoms with Crippen LogP contribution >= 0.6 is 0 Å². The summed E-state index contributed by atoms with van der Waals surface area (Å²) in [5.41, 5.74) is 24.6. The van der Waals surface area contributed by atoms with E-state index in [9.17, 15) is 0 Å². The molecule has 11 aromatic rings. The average molecular weight is 983 g/mol. The molecule has 2 aliphatic heterocycles. The van der Waals surface area contributed by atoms with E-state index in [2.05, 4.69) is 300 Å². The van der Waals surface area contributed by atoms with Gasteiger partial charge in [0, 0.05) is 110 Å². The number of aryl methyl sites for hydroxylation is 4. The Morgan fingerprint density at radius 2 is 0.711 bits per heavy atom. The molecule has 8 bridgehead atoms. The third-order valence-electron chi connectivity index (χ3n) is 14.7. The van der Waals surface area contributed by atoms with Crippen molar-refractivity contribution in [2.75, 3.05) is 0 Å². The Kier molecular flexibility index (Phi) is 11.6.